The van der Waals surface area contributed by atoms with Gasteiger partial charge in [-0.3, -0.25) is 0 Å². The van der Waals surface area contributed by atoms with Gasteiger partial charge in [0, 0.05) is 5.71 Å². The maximum atomic E-state index is 4.49. The smallest absolute Gasteiger partial charge is 0.177 e. The summed E-state index contributed by atoms with van der Waals surface area (Å²) in [6, 6.07) is 13.7. The van der Waals surface area contributed by atoms with Crippen molar-refractivity contribution in [1.29, 1.82) is 0 Å². The number of aromatic nitrogens is 4. The van der Waals surface area contributed by atoms with Gasteiger partial charge in [-0.1, -0.05) is 30.3 Å². The molecule has 0 amide bonds. The van der Waals surface area contributed by atoms with Gasteiger partial charge in [-0.05, 0) is 24.6 Å². The predicted molar refractivity (Wildman–Crippen MR) is 69.1 cm³/mol. The molecule has 0 N–H and O–H groups in total. The van der Waals surface area contributed by atoms with Crippen LogP contribution in [0.5, 0.6) is 0 Å². The van der Waals surface area contributed by atoms with Crippen molar-refractivity contribution in [3.05, 3.63) is 54.4 Å². The van der Waals surface area contributed by atoms with Gasteiger partial charge < -0.3 is 0 Å². The largest absolute Gasteiger partial charge is 0.232 e. The van der Waals surface area contributed by atoms with Crippen molar-refractivity contribution in [2.24, 2.45) is 4.99 Å². The highest BCUT2D eigenvalue weighted by molar-refractivity contribution is 5.99. The van der Waals surface area contributed by atoms with Gasteiger partial charge >= 0.3 is 0 Å². The molecule has 3 aromatic rings. The van der Waals surface area contributed by atoms with E-state index in [2.05, 4.69) is 20.3 Å². The highest BCUT2D eigenvalue weighted by atomic mass is 15.3. The van der Waals surface area contributed by atoms with E-state index in [0.717, 1.165) is 11.3 Å². The molecule has 0 aliphatic rings. The number of fused-ring (bicyclic) bond motifs is 1. The van der Waals surface area contributed by atoms with Crippen LogP contribution >= 0.6 is 0 Å². The van der Waals surface area contributed by atoms with Crippen LogP contribution in [0, 0.1) is 0 Å². The molecule has 2 heterocycles. The first-order valence-corrected chi connectivity index (χ1v) is 5.61. The molecule has 0 bridgehead atoms. The Labute approximate surface area is 104 Å². The first-order valence-electron chi connectivity index (χ1n) is 5.61. The maximum absolute atomic E-state index is 4.49. The number of rotatable bonds is 2. The lowest BCUT2D eigenvalue weighted by molar-refractivity contribution is 0.924. The van der Waals surface area contributed by atoms with Crippen LogP contribution in [0.25, 0.3) is 5.65 Å². The fourth-order valence-electron chi connectivity index (χ4n) is 1.69. The van der Waals surface area contributed by atoms with Crippen molar-refractivity contribution >= 4 is 17.2 Å². The second kappa shape index (κ2) is 4.37. The zero-order chi connectivity index (χ0) is 12.4. The van der Waals surface area contributed by atoms with Crippen molar-refractivity contribution in [1.82, 2.24) is 19.8 Å². The third kappa shape index (κ3) is 1.98. The third-order valence-electron chi connectivity index (χ3n) is 2.62. The van der Waals surface area contributed by atoms with Gasteiger partial charge in [-0.2, -0.15) is 4.52 Å². The van der Waals surface area contributed by atoms with Crippen LogP contribution < -0.4 is 0 Å². The Morgan fingerprint density at radius 3 is 2.78 bits per heavy atom. The SMILES string of the molecule is CC(=Nc1ccc2nncn2n1)c1ccccc1. The van der Waals surface area contributed by atoms with E-state index < -0.39 is 0 Å². The number of aliphatic imine (C=N–C) groups is 1. The Hall–Kier alpha value is -2.56. The lowest BCUT2D eigenvalue weighted by Gasteiger charge is -2.00. The molecule has 0 fully saturated rings. The van der Waals surface area contributed by atoms with Crippen LogP contribution in [0.2, 0.25) is 0 Å². The Morgan fingerprint density at radius 1 is 1.11 bits per heavy atom. The fourth-order valence-corrected chi connectivity index (χ4v) is 1.69. The predicted octanol–water partition coefficient (Wildman–Crippen LogP) is 2.27. The minimum atomic E-state index is 0.642. The molecule has 88 valence electrons. The summed E-state index contributed by atoms with van der Waals surface area (Å²) in [5.41, 5.74) is 2.73. The molecule has 0 aliphatic carbocycles. The molecule has 5 nitrogen and oxygen atoms in total. The molecule has 2 aromatic heterocycles. The zero-order valence-electron chi connectivity index (χ0n) is 9.85. The average Bonchev–Trinajstić information content (AvgIpc) is 2.87. The van der Waals surface area contributed by atoms with Gasteiger partial charge in [0.1, 0.15) is 6.33 Å². The van der Waals surface area contributed by atoms with Gasteiger partial charge in [0.2, 0.25) is 0 Å². The number of hydrogen-bond donors (Lipinski definition) is 0. The Bertz CT molecular complexity index is 699. The van der Waals surface area contributed by atoms with Crippen LogP contribution in [-0.4, -0.2) is 25.5 Å². The number of benzene rings is 1. The first kappa shape index (κ1) is 10.6. The Kier molecular flexibility index (Phi) is 2.57. The Balaban J connectivity index is 2.00. The quantitative estimate of drug-likeness (QED) is 0.642. The highest BCUT2D eigenvalue weighted by Crippen LogP contribution is 2.11. The molecule has 1 aromatic carbocycles. The number of nitrogens with zero attached hydrogens (tertiary/aromatic N) is 5. The molecular weight excluding hydrogens is 226 g/mol. The Morgan fingerprint density at radius 2 is 1.94 bits per heavy atom. The van der Waals surface area contributed by atoms with Gasteiger partial charge in [-0.15, -0.1) is 15.3 Å². The van der Waals surface area contributed by atoms with Crippen molar-refractivity contribution in [2.75, 3.05) is 0 Å². The van der Waals surface area contributed by atoms with E-state index in [-0.39, 0.29) is 0 Å². The summed E-state index contributed by atoms with van der Waals surface area (Å²) in [7, 11) is 0. The van der Waals surface area contributed by atoms with E-state index >= 15 is 0 Å². The topological polar surface area (TPSA) is 55.4 Å². The molecule has 5 heteroatoms. The summed E-state index contributed by atoms with van der Waals surface area (Å²) in [6.45, 7) is 1.97. The normalized spacial score (nSPS) is 11.9. The monoisotopic (exact) mass is 237 g/mol. The van der Waals surface area contributed by atoms with Crippen LogP contribution in [0.3, 0.4) is 0 Å². The zero-order valence-corrected chi connectivity index (χ0v) is 9.85. The molecule has 0 saturated heterocycles. The molecule has 3 rings (SSSR count). The molecular formula is C13H11N5. The van der Waals surface area contributed by atoms with Gasteiger partial charge in [0.05, 0.1) is 0 Å². The maximum Gasteiger partial charge on any atom is 0.177 e. The van der Waals surface area contributed by atoms with E-state index in [1.54, 1.807) is 10.8 Å². The van der Waals surface area contributed by atoms with Gasteiger partial charge in [0.15, 0.2) is 11.5 Å². The first-order chi connectivity index (χ1) is 8.83. The molecule has 0 spiro atoms. The van der Waals surface area contributed by atoms with Crippen LogP contribution in [0.1, 0.15) is 12.5 Å². The van der Waals surface area contributed by atoms with Crippen LogP contribution in [0.15, 0.2) is 53.8 Å². The van der Waals surface area contributed by atoms with E-state index in [1.165, 1.54) is 0 Å². The fraction of sp³-hybridized carbons (Fsp3) is 0.0769. The van der Waals surface area contributed by atoms with E-state index in [0.29, 0.717) is 11.5 Å². The second-order valence-electron chi connectivity index (χ2n) is 3.89. The van der Waals surface area contributed by atoms with E-state index in [1.807, 2.05) is 49.4 Å². The molecule has 0 atom stereocenters. The molecule has 0 aliphatic heterocycles. The van der Waals surface area contributed by atoms with Crippen LogP contribution in [0.4, 0.5) is 5.82 Å². The summed E-state index contributed by atoms with van der Waals surface area (Å²) in [4.78, 5) is 4.49. The number of hydrogen-bond acceptors (Lipinski definition) is 4. The lowest BCUT2D eigenvalue weighted by atomic mass is 10.1. The van der Waals surface area contributed by atoms with Gasteiger partial charge in [-0.25, -0.2) is 4.99 Å². The molecule has 18 heavy (non-hydrogen) atoms. The average molecular weight is 237 g/mol. The summed E-state index contributed by atoms with van der Waals surface area (Å²) in [5.74, 6) is 0.642. The van der Waals surface area contributed by atoms with Gasteiger partial charge in [0.25, 0.3) is 0 Å². The van der Waals surface area contributed by atoms with Crippen LogP contribution in [-0.2, 0) is 0 Å². The third-order valence-corrected chi connectivity index (χ3v) is 2.62. The molecule has 0 unspecified atom stereocenters. The summed E-state index contributed by atoms with van der Waals surface area (Å²) in [5, 5.41) is 12.0. The minimum absolute atomic E-state index is 0.642. The molecule has 0 saturated carbocycles. The van der Waals surface area contributed by atoms with Crippen molar-refractivity contribution < 1.29 is 0 Å². The summed E-state index contributed by atoms with van der Waals surface area (Å²) < 4.78 is 1.61. The molecule has 0 radical (unpaired) electrons. The van der Waals surface area contributed by atoms with Crippen molar-refractivity contribution in [2.45, 2.75) is 6.92 Å². The minimum Gasteiger partial charge on any atom is -0.232 e. The van der Waals surface area contributed by atoms with E-state index in [4.69, 9.17) is 0 Å². The van der Waals surface area contributed by atoms with E-state index in [9.17, 15) is 0 Å². The standard InChI is InChI=1S/C13H11N5/c1-10(11-5-3-2-4-6-11)15-12-7-8-13-16-14-9-18(13)17-12/h2-9H,1H3. The summed E-state index contributed by atoms with van der Waals surface area (Å²) in [6.07, 6.45) is 1.56. The summed E-state index contributed by atoms with van der Waals surface area (Å²) >= 11 is 0. The van der Waals surface area contributed by atoms with Crippen molar-refractivity contribution in [3.8, 4) is 0 Å². The highest BCUT2D eigenvalue weighted by Gasteiger charge is 2.00. The lowest BCUT2D eigenvalue weighted by Crippen LogP contribution is -1.95. The van der Waals surface area contributed by atoms with Crippen molar-refractivity contribution in [3.63, 3.8) is 0 Å². The second-order valence-corrected chi connectivity index (χ2v) is 3.89.